The molecule has 0 aliphatic carbocycles. The van der Waals surface area contributed by atoms with Crippen molar-refractivity contribution in [1.82, 2.24) is 15.6 Å². The first-order valence-electron chi connectivity index (χ1n) is 16.8. The molecule has 6 aromatic rings. The molecule has 11 heteroatoms. The summed E-state index contributed by atoms with van der Waals surface area (Å²) >= 11 is 0. The lowest BCUT2D eigenvalue weighted by Gasteiger charge is -2.19. The number of amides is 3. The fourth-order valence-corrected chi connectivity index (χ4v) is 5.70. The molecule has 8 nitrogen and oxygen atoms in total. The van der Waals surface area contributed by atoms with Gasteiger partial charge >= 0.3 is 6.18 Å². The van der Waals surface area contributed by atoms with Gasteiger partial charge in [-0.1, -0.05) is 72.8 Å². The summed E-state index contributed by atoms with van der Waals surface area (Å²) in [7, 11) is 0. The van der Waals surface area contributed by atoms with E-state index in [1.807, 2.05) is 50.2 Å². The monoisotopic (exact) mass is 716 g/mol. The third-order valence-corrected chi connectivity index (χ3v) is 8.32. The molecule has 0 fully saturated rings. The average molecular weight is 717 g/mol. The summed E-state index contributed by atoms with van der Waals surface area (Å²) in [5, 5.41) is 9.00. The van der Waals surface area contributed by atoms with Crippen LogP contribution in [0.2, 0.25) is 0 Å². The maximum Gasteiger partial charge on any atom is 0.416 e. The highest BCUT2D eigenvalue weighted by molar-refractivity contribution is 6.09. The molecule has 0 radical (unpaired) electrons. The Kier molecular flexibility index (Phi) is 10.8. The van der Waals surface area contributed by atoms with E-state index in [1.54, 1.807) is 72.8 Å². The number of hydrogen-bond acceptors (Lipinski definition) is 5. The fraction of sp³-hybridized carbons (Fsp3) is 0.143. The van der Waals surface area contributed by atoms with Gasteiger partial charge in [0, 0.05) is 23.1 Å². The Bertz CT molecular complexity index is 2240. The number of anilines is 1. The van der Waals surface area contributed by atoms with Gasteiger partial charge in [-0.15, -0.1) is 0 Å². The lowest BCUT2D eigenvalue weighted by molar-refractivity contribution is -0.137. The van der Waals surface area contributed by atoms with Crippen LogP contribution in [0.1, 0.15) is 57.3 Å². The predicted molar refractivity (Wildman–Crippen MR) is 197 cm³/mol. The molecule has 0 aliphatic rings. The minimum absolute atomic E-state index is 0.0385. The van der Waals surface area contributed by atoms with Crippen LogP contribution in [0.15, 0.2) is 133 Å². The van der Waals surface area contributed by atoms with E-state index < -0.39 is 29.6 Å². The molecule has 0 saturated carbocycles. The van der Waals surface area contributed by atoms with Gasteiger partial charge in [-0.05, 0) is 96.8 Å². The van der Waals surface area contributed by atoms with Crippen molar-refractivity contribution in [3.63, 3.8) is 0 Å². The number of benzene rings is 5. The normalized spacial score (nSPS) is 11.9. The van der Waals surface area contributed by atoms with Gasteiger partial charge in [0.1, 0.15) is 17.6 Å². The number of aromatic nitrogens is 1. The zero-order valence-corrected chi connectivity index (χ0v) is 28.8. The van der Waals surface area contributed by atoms with Crippen molar-refractivity contribution >= 4 is 34.4 Å². The molecule has 0 saturated heterocycles. The second kappa shape index (κ2) is 15.8. The molecule has 53 heavy (non-hydrogen) atoms. The molecule has 0 spiro atoms. The summed E-state index contributed by atoms with van der Waals surface area (Å²) in [6, 6.07) is 35.1. The van der Waals surface area contributed by atoms with Crippen LogP contribution < -0.4 is 20.7 Å². The van der Waals surface area contributed by atoms with Crippen LogP contribution in [0, 0.1) is 0 Å². The van der Waals surface area contributed by atoms with E-state index in [4.69, 9.17) is 4.74 Å². The third-order valence-electron chi connectivity index (χ3n) is 8.32. The van der Waals surface area contributed by atoms with Crippen molar-refractivity contribution in [2.24, 2.45) is 0 Å². The van der Waals surface area contributed by atoms with E-state index in [0.717, 1.165) is 29.0 Å². The molecule has 1 aromatic heterocycles. The second-order valence-corrected chi connectivity index (χ2v) is 12.5. The van der Waals surface area contributed by atoms with Crippen LogP contribution in [-0.2, 0) is 17.5 Å². The standard InChI is InChI=1S/C42H35F3N4O4/c1-26(2)53-33-20-14-28(15-21-33)34-10-6-7-11-35(34)40(51)48-37-23-17-30-24-31(16-22-36(30)47-37)39(50)49-38(29-8-4-3-5-9-29)41(52)46-25-27-12-18-32(19-13-27)42(43,44)45/h3-24,26,38H,25H2,1-2H3,(H,46,52)(H,49,50)(H,47,48,51)/t38-/m0/s1. The van der Waals surface area contributed by atoms with Crippen molar-refractivity contribution in [3.8, 4) is 16.9 Å². The van der Waals surface area contributed by atoms with E-state index in [1.165, 1.54) is 12.1 Å². The Morgan fingerprint density at radius 3 is 2.15 bits per heavy atom. The Labute approximate surface area is 304 Å². The molecule has 0 aliphatic heterocycles. The SMILES string of the molecule is CC(C)Oc1ccc(-c2ccccc2C(=O)Nc2ccc3cc(C(=O)N[C@H](C(=O)NCc4ccc(C(F)(F)F)cc4)c4ccccc4)ccc3n2)cc1. The number of rotatable bonds is 11. The van der Waals surface area contributed by atoms with E-state index in [0.29, 0.717) is 33.4 Å². The Morgan fingerprint density at radius 1 is 0.755 bits per heavy atom. The van der Waals surface area contributed by atoms with Crippen molar-refractivity contribution in [3.05, 3.63) is 161 Å². The molecule has 3 amide bonds. The average Bonchev–Trinajstić information content (AvgIpc) is 3.16. The zero-order chi connectivity index (χ0) is 37.5. The van der Waals surface area contributed by atoms with Crippen molar-refractivity contribution in [2.75, 3.05) is 5.32 Å². The van der Waals surface area contributed by atoms with Gasteiger partial charge < -0.3 is 20.7 Å². The third kappa shape index (κ3) is 9.06. The van der Waals surface area contributed by atoms with E-state index in [9.17, 15) is 27.6 Å². The maximum absolute atomic E-state index is 13.5. The number of ether oxygens (including phenoxy) is 1. The highest BCUT2D eigenvalue weighted by Crippen LogP contribution is 2.30. The van der Waals surface area contributed by atoms with Gasteiger partial charge in [-0.2, -0.15) is 13.2 Å². The first-order chi connectivity index (χ1) is 25.4. The van der Waals surface area contributed by atoms with Crippen LogP contribution in [0.5, 0.6) is 5.75 Å². The minimum Gasteiger partial charge on any atom is -0.491 e. The molecule has 6 rings (SSSR count). The molecular formula is C42H35F3N4O4. The quantitative estimate of drug-likeness (QED) is 0.124. The van der Waals surface area contributed by atoms with Gasteiger partial charge in [0.25, 0.3) is 11.8 Å². The number of alkyl halides is 3. The number of nitrogens with one attached hydrogen (secondary N) is 3. The zero-order valence-electron chi connectivity index (χ0n) is 28.8. The van der Waals surface area contributed by atoms with Crippen LogP contribution in [0.25, 0.3) is 22.0 Å². The van der Waals surface area contributed by atoms with Crippen molar-refractivity contribution in [1.29, 1.82) is 0 Å². The topological polar surface area (TPSA) is 109 Å². The van der Waals surface area contributed by atoms with E-state index in [2.05, 4.69) is 20.9 Å². The first-order valence-corrected chi connectivity index (χ1v) is 16.8. The largest absolute Gasteiger partial charge is 0.491 e. The lowest BCUT2D eigenvalue weighted by Crippen LogP contribution is -2.40. The van der Waals surface area contributed by atoms with Crippen LogP contribution >= 0.6 is 0 Å². The molecular weight excluding hydrogens is 681 g/mol. The molecule has 3 N–H and O–H groups in total. The molecule has 5 aromatic carbocycles. The lowest BCUT2D eigenvalue weighted by atomic mass is 9.99. The number of halogens is 3. The molecule has 0 unspecified atom stereocenters. The van der Waals surface area contributed by atoms with Crippen molar-refractivity contribution in [2.45, 2.75) is 38.7 Å². The second-order valence-electron chi connectivity index (χ2n) is 12.5. The predicted octanol–water partition coefficient (Wildman–Crippen LogP) is 8.75. The van der Waals surface area contributed by atoms with E-state index in [-0.39, 0.29) is 24.1 Å². The summed E-state index contributed by atoms with van der Waals surface area (Å²) in [5.74, 6) is -0.337. The molecule has 1 heterocycles. The van der Waals surface area contributed by atoms with Gasteiger partial charge in [0.15, 0.2) is 0 Å². The van der Waals surface area contributed by atoms with Gasteiger partial charge in [-0.3, -0.25) is 14.4 Å². The minimum atomic E-state index is -4.47. The number of nitrogens with zero attached hydrogens (tertiary/aromatic N) is 1. The Morgan fingerprint density at radius 2 is 1.45 bits per heavy atom. The molecule has 268 valence electrons. The molecule has 0 bridgehead atoms. The van der Waals surface area contributed by atoms with Crippen molar-refractivity contribution < 1.29 is 32.3 Å². The number of fused-ring (bicyclic) bond motifs is 1. The smallest absolute Gasteiger partial charge is 0.416 e. The van der Waals surface area contributed by atoms with Gasteiger partial charge in [0.2, 0.25) is 5.91 Å². The fourth-order valence-electron chi connectivity index (χ4n) is 5.70. The number of pyridine rings is 1. The van der Waals surface area contributed by atoms with Crippen LogP contribution in [0.4, 0.5) is 19.0 Å². The van der Waals surface area contributed by atoms with E-state index >= 15 is 0 Å². The number of hydrogen-bond donors (Lipinski definition) is 3. The highest BCUT2D eigenvalue weighted by atomic mass is 19.4. The Balaban J connectivity index is 1.14. The van der Waals surface area contributed by atoms with Gasteiger partial charge in [-0.25, -0.2) is 4.98 Å². The maximum atomic E-state index is 13.5. The summed E-state index contributed by atoms with van der Waals surface area (Å²) < 4.78 is 44.6. The van der Waals surface area contributed by atoms with Crippen LogP contribution in [0.3, 0.4) is 0 Å². The first kappa shape index (κ1) is 36.3. The highest BCUT2D eigenvalue weighted by Gasteiger charge is 2.30. The summed E-state index contributed by atoms with van der Waals surface area (Å²) in [4.78, 5) is 44.9. The number of carbonyl (C=O) groups is 3. The number of carbonyl (C=O) groups excluding carboxylic acids is 3. The summed E-state index contributed by atoms with van der Waals surface area (Å²) in [5.41, 5.74) is 3.07. The molecule has 1 atom stereocenters. The summed E-state index contributed by atoms with van der Waals surface area (Å²) in [6.45, 7) is 3.87. The summed E-state index contributed by atoms with van der Waals surface area (Å²) in [6.07, 6.45) is -4.42. The van der Waals surface area contributed by atoms with Crippen LogP contribution in [-0.4, -0.2) is 28.8 Å². The Hall–Kier alpha value is -6.49. The van der Waals surface area contributed by atoms with Gasteiger partial charge in [0.05, 0.1) is 17.2 Å².